The van der Waals surface area contributed by atoms with Crippen LogP contribution in [0.5, 0.6) is 0 Å². The number of fused-ring (bicyclic) bond motifs is 1. The molecule has 0 saturated carbocycles. The van der Waals surface area contributed by atoms with Crippen LogP contribution in [0.1, 0.15) is 12.5 Å². The van der Waals surface area contributed by atoms with Crippen LogP contribution >= 0.6 is 15.9 Å². The van der Waals surface area contributed by atoms with Crippen molar-refractivity contribution < 1.29 is 9.72 Å². The van der Waals surface area contributed by atoms with E-state index in [4.69, 9.17) is 5.73 Å². The molecule has 1 aliphatic rings. The number of nitrogens with two attached hydrogens (primary N) is 1. The first-order chi connectivity index (χ1) is 11.4. The molecule has 0 saturated heterocycles. The summed E-state index contributed by atoms with van der Waals surface area (Å²) in [5.41, 5.74) is 9.24. The second kappa shape index (κ2) is 5.97. The maximum absolute atomic E-state index is 12.2. The third kappa shape index (κ3) is 2.83. The van der Waals surface area contributed by atoms with Crippen LogP contribution in [0.2, 0.25) is 0 Å². The Balaban J connectivity index is 2.01. The Morgan fingerprint density at radius 1 is 1.29 bits per heavy atom. The van der Waals surface area contributed by atoms with E-state index in [2.05, 4.69) is 26.6 Å². The van der Waals surface area contributed by atoms with Crippen LogP contribution in [-0.4, -0.2) is 10.8 Å². The van der Waals surface area contributed by atoms with Gasteiger partial charge in [-0.25, -0.2) is 0 Å². The Morgan fingerprint density at radius 2 is 2.04 bits per heavy atom. The Labute approximate surface area is 145 Å². The highest BCUT2D eigenvalue weighted by Crippen LogP contribution is 2.36. The molecule has 0 bridgehead atoms. The molecular weight excluding hydrogens is 376 g/mol. The molecular formula is C16H13BrN4O3. The van der Waals surface area contributed by atoms with E-state index in [0.717, 1.165) is 0 Å². The molecule has 1 heterocycles. The number of anilines is 3. The van der Waals surface area contributed by atoms with Gasteiger partial charge in [0.15, 0.2) is 0 Å². The lowest BCUT2D eigenvalue weighted by atomic mass is 10.0. The number of carbonyl (C=O) groups excluding carboxylic acids is 1. The summed E-state index contributed by atoms with van der Waals surface area (Å²) in [5.74, 6) is -0.243. The van der Waals surface area contributed by atoms with Crippen LogP contribution in [-0.2, 0) is 4.79 Å². The first-order valence-electron chi connectivity index (χ1n) is 7.00. The highest BCUT2D eigenvalue weighted by atomic mass is 79.9. The van der Waals surface area contributed by atoms with E-state index in [1.54, 1.807) is 37.3 Å². The van der Waals surface area contributed by atoms with E-state index in [0.29, 0.717) is 38.4 Å². The van der Waals surface area contributed by atoms with Crippen molar-refractivity contribution >= 4 is 50.2 Å². The van der Waals surface area contributed by atoms with E-state index >= 15 is 0 Å². The summed E-state index contributed by atoms with van der Waals surface area (Å²) >= 11 is 3.14. The highest BCUT2D eigenvalue weighted by molar-refractivity contribution is 9.10. The summed E-state index contributed by atoms with van der Waals surface area (Å²) in [4.78, 5) is 22.8. The number of halogens is 1. The summed E-state index contributed by atoms with van der Waals surface area (Å²) in [5, 5.41) is 16.8. The van der Waals surface area contributed by atoms with E-state index in [1.807, 2.05) is 0 Å². The molecule has 8 heteroatoms. The minimum atomic E-state index is -0.476. The number of allylic oxidation sites excluding steroid dienone is 1. The normalized spacial score (nSPS) is 14.8. The molecule has 1 amide bonds. The maximum atomic E-state index is 12.2. The lowest BCUT2D eigenvalue weighted by Gasteiger charge is -2.10. The van der Waals surface area contributed by atoms with Gasteiger partial charge in [-0.2, -0.15) is 0 Å². The van der Waals surface area contributed by atoms with Crippen LogP contribution in [0.25, 0.3) is 5.57 Å². The standard InChI is InChI=1S/C16H13BrN4O3/c1-8(19-10-3-4-12(17)14(7-10)21(23)24)15-11-6-9(18)2-5-13(11)20-16(15)22/h2-7,19H,18H2,1H3,(H,20,22). The topological polar surface area (TPSA) is 110 Å². The Morgan fingerprint density at radius 3 is 2.75 bits per heavy atom. The van der Waals surface area contributed by atoms with Crippen molar-refractivity contribution in [2.45, 2.75) is 6.92 Å². The summed E-state index contributed by atoms with van der Waals surface area (Å²) in [6, 6.07) is 9.85. The van der Waals surface area contributed by atoms with Crippen molar-refractivity contribution in [1.29, 1.82) is 0 Å². The van der Waals surface area contributed by atoms with Crippen LogP contribution in [0.15, 0.2) is 46.6 Å². The van der Waals surface area contributed by atoms with Crippen LogP contribution < -0.4 is 16.4 Å². The van der Waals surface area contributed by atoms with Gasteiger partial charge in [-0.15, -0.1) is 0 Å². The molecule has 0 aromatic heterocycles. The lowest BCUT2D eigenvalue weighted by molar-refractivity contribution is -0.385. The first-order valence-corrected chi connectivity index (χ1v) is 7.79. The van der Waals surface area contributed by atoms with Gasteiger partial charge in [-0.05, 0) is 53.2 Å². The molecule has 122 valence electrons. The van der Waals surface area contributed by atoms with Gasteiger partial charge in [0.2, 0.25) is 0 Å². The predicted molar refractivity (Wildman–Crippen MR) is 96.5 cm³/mol. The average Bonchev–Trinajstić information content (AvgIpc) is 2.84. The van der Waals surface area contributed by atoms with Crippen molar-refractivity contribution in [2.75, 3.05) is 16.4 Å². The molecule has 4 N–H and O–H groups in total. The lowest BCUT2D eigenvalue weighted by Crippen LogP contribution is -2.09. The van der Waals surface area contributed by atoms with E-state index in [-0.39, 0.29) is 11.6 Å². The number of nitro groups is 1. The minimum Gasteiger partial charge on any atom is -0.399 e. The third-order valence-corrected chi connectivity index (χ3v) is 4.31. The number of carbonyl (C=O) groups is 1. The Bertz CT molecular complexity index is 908. The number of nitro benzene ring substituents is 1. The number of nitrogens with zero attached hydrogens (tertiary/aromatic N) is 1. The summed E-state index contributed by atoms with van der Waals surface area (Å²) in [7, 11) is 0. The molecule has 0 spiro atoms. The monoisotopic (exact) mass is 388 g/mol. The second-order valence-corrected chi connectivity index (χ2v) is 6.16. The van der Waals surface area contributed by atoms with Gasteiger partial charge in [-0.1, -0.05) is 0 Å². The van der Waals surface area contributed by atoms with Crippen molar-refractivity contribution in [2.24, 2.45) is 0 Å². The molecule has 7 nitrogen and oxygen atoms in total. The zero-order chi connectivity index (χ0) is 17.4. The van der Waals surface area contributed by atoms with Gasteiger partial charge >= 0.3 is 0 Å². The van der Waals surface area contributed by atoms with Gasteiger partial charge in [0, 0.05) is 34.4 Å². The molecule has 0 radical (unpaired) electrons. The number of nitrogens with one attached hydrogen (secondary N) is 2. The number of nitrogen functional groups attached to an aromatic ring is 1. The zero-order valence-corrected chi connectivity index (χ0v) is 14.2. The maximum Gasteiger partial charge on any atom is 0.285 e. The molecule has 1 aliphatic heterocycles. The van der Waals surface area contributed by atoms with Crippen molar-refractivity contribution in [3.05, 3.63) is 62.2 Å². The van der Waals surface area contributed by atoms with E-state index < -0.39 is 4.92 Å². The van der Waals surface area contributed by atoms with Crippen LogP contribution in [0.3, 0.4) is 0 Å². The second-order valence-electron chi connectivity index (χ2n) is 5.31. The SMILES string of the molecule is CC(Nc1ccc(Br)c([N+](=O)[O-])c1)=C1C(=O)Nc2ccc(N)cc21. The number of hydrogen-bond acceptors (Lipinski definition) is 5. The van der Waals surface area contributed by atoms with Crippen LogP contribution in [0.4, 0.5) is 22.7 Å². The molecule has 2 aromatic carbocycles. The fraction of sp³-hybridized carbons (Fsp3) is 0.0625. The third-order valence-electron chi connectivity index (χ3n) is 3.64. The number of hydrogen-bond donors (Lipinski definition) is 3. The number of amides is 1. The Kier molecular flexibility index (Phi) is 3.98. The van der Waals surface area contributed by atoms with Gasteiger partial charge in [0.05, 0.1) is 15.0 Å². The van der Waals surface area contributed by atoms with Gasteiger partial charge in [0.25, 0.3) is 11.6 Å². The molecule has 2 aromatic rings. The largest absolute Gasteiger partial charge is 0.399 e. The zero-order valence-electron chi connectivity index (χ0n) is 12.6. The molecule has 0 aliphatic carbocycles. The van der Waals surface area contributed by atoms with Crippen molar-refractivity contribution in [1.82, 2.24) is 0 Å². The van der Waals surface area contributed by atoms with E-state index in [9.17, 15) is 14.9 Å². The summed E-state index contributed by atoms with van der Waals surface area (Å²) in [6.45, 7) is 1.74. The summed E-state index contributed by atoms with van der Waals surface area (Å²) < 4.78 is 0.389. The number of rotatable bonds is 3. The number of benzene rings is 2. The van der Waals surface area contributed by atoms with Crippen molar-refractivity contribution in [3.8, 4) is 0 Å². The average molecular weight is 389 g/mol. The molecule has 0 fully saturated rings. The van der Waals surface area contributed by atoms with Gasteiger partial charge < -0.3 is 16.4 Å². The molecule has 0 atom stereocenters. The van der Waals surface area contributed by atoms with Crippen LogP contribution in [0, 0.1) is 10.1 Å². The van der Waals surface area contributed by atoms with Gasteiger partial charge in [-0.3, -0.25) is 14.9 Å². The van der Waals surface area contributed by atoms with Gasteiger partial charge in [0.1, 0.15) is 0 Å². The van der Waals surface area contributed by atoms with Crippen molar-refractivity contribution in [3.63, 3.8) is 0 Å². The van der Waals surface area contributed by atoms with E-state index in [1.165, 1.54) is 6.07 Å². The Hall–Kier alpha value is -2.87. The highest BCUT2D eigenvalue weighted by Gasteiger charge is 2.26. The predicted octanol–water partition coefficient (Wildman–Crippen LogP) is 3.73. The molecule has 24 heavy (non-hydrogen) atoms. The first kappa shape index (κ1) is 16.0. The fourth-order valence-electron chi connectivity index (χ4n) is 2.57. The molecule has 0 unspecified atom stereocenters. The minimum absolute atomic E-state index is 0.0571. The molecule has 3 rings (SSSR count). The fourth-order valence-corrected chi connectivity index (χ4v) is 2.96. The smallest absolute Gasteiger partial charge is 0.285 e. The quantitative estimate of drug-likeness (QED) is 0.321. The summed E-state index contributed by atoms with van der Waals surface area (Å²) in [6.07, 6.45) is 0.